The van der Waals surface area contributed by atoms with Gasteiger partial charge in [0.2, 0.25) is 5.91 Å². The second kappa shape index (κ2) is 19.3. The summed E-state index contributed by atoms with van der Waals surface area (Å²) in [6.45, 7) is 10.2. The van der Waals surface area contributed by atoms with Crippen LogP contribution in [0.1, 0.15) is 50.9 Å². The van der Waals surface area contributed by atoms with E-state index in [1.54, 1.807) is 33.7 Å². The molecule has 0 bridgehead atoms. The number of hydrogen-bond acceptors (Lipinski definition) is 7. The summed E-state index contributed by atoms with van der Waals surface area (Å²) < 4.78 is 17.1. The molecule has 35 heavy (non-hydrogen) atoms. The van der Waals surface area contributed by atoms with Crippen molar-refractivity contribution in [1.29, 1.82) is 0 Å². The molecule has 1 aromatic carbocycles. The van der Waals surface area contributed by atoms with Gasteiger partial charge in [-0.1, -0.05) is 67.2 Å². The standard InChI is InChI=1S/C26H40N2O5S2/c1-20(2)9-7-13-27-24(29)18-31-15-16-32-25(35-34-5)19-33-23-12-6-11-22(17-23)26(30)28-14-8-10-21(3)4/h6,11-12,17,20-21,25H,8,10,13-16,18-19H2,1-5H3,(H,27,29)(H,28,30)/t25-/m0/s1. The molecule has 0 saturated heterocycles. The Morgan fingerprint density at radius 1 is 1.11 bits per heavy atom. The summed E-state index contributed by atoms with van der Waals surface area (Å²) in [7, 11) is 3.12. The minimum Gasteiger partial charge on any atom is -0.490 e. The third kappa shape index (κ3) is 16.4. The van der Waals surface area contributed by atoms with Crippen LogP contribution in [0.25, 0.3) is 0 Å². The average Bonchev–Trinajstić information content (AvgIpc) is 2.82. The number of hydrogen-bond donors (Lipinski definition) is 2. The second-order valence-corrected chi connectivity index (χ2v) is 11.1. The highest BCUT2D eigenvalue weighted by atomic mass is 33.1. The normalized spacial score (nSPS) is 11.6. The molecule has 1 aromatic rings. The molecule has 1 rings (SSSR count). The lowest BCUT2D eigenvalue weighted by Gasteiger charge is -2.17. The Bertz CT molecular complexity index is 808. The summed E-state index contributed by atoms with van der Waals surface area (Å²) >= 11 is 0. The average molecular weight is 525 g/mol. The van der Waals surface area contributed by atoms with Crippen LogP contribution in [0.2, 0.25) is 0 Å². The van der Waals surface area contributed by atoms with Gasteiger partial charge in [0, 0.05) is 18.0 Å². The zero-order valence-electron chi connectivity index (χ0n) is 21.6. The molecule has 0 radical (unpaired) electrons. The number of amides is 2. The van der Waals surface area contributed by atoms with Gasteiger partial charge in [0.15, 0.2) is 0 Å². The van der Waals surface area contributed by atoms with Crippen molar-refractivity contribution in [2.75, 3.05) is 45.8 Å². The van der Waals surface area contributed by atoms with Gasteiger partial charge in [0.25, 0.3) is 5.91 Å². The molecule has 2 N–H and O–H groups in total. The van der Waals surface area contributed by atoms with E-state index in [9.17, 15) is 9.59 Å². The van der Waals surface area contributed by atoms with E-state index >= 15 is 0 Å². The Morgan fingerprint density at radius 3 is 2.63 bits per heavy atom. The van der Waals surface area contributed by atoms with Crippen molar-refractivity contribution in [1.82, 2.24) is 10.6 Å². The molecule has 0 aliphatic carbocycles. The molecule has 0 unspecified atom stereocenters. The molecule has 2 amide bonds. The zero-order chi connectivity index (χ0) is 25.9. The largest absolute Gasteiger partial charge is 0.490 e. The van der Waals surface area contributed by atoms with E-state index in [1.807, 2.05) is 32.2 Å². The number of benzene rings is 1. The van der Waals surface area contributed by atoms with Crippen molar-refractivity contribution < 1.29 is 23.8 Å². The summed E-state index contributed by atoms with van der Waals surface area (Å²) in [4.78, 5) is 24.1. The Labute approximate surface area is 218 Å². The first-order valence-electron chi connectivity index (χ1n) is 12.0. The quantitative estimate of drug-likeness (QED) is 0.135. The van der Waals surface area contributed by atoms with Gasteiger partial charge in [0.05, 0.1) is 19.8 Å². The minimum atomic E-state index is -0.220. The van der Waals surface area contributed by atoms with Gasteiger partial charge in [-0.05, 0) is 43.2 Å². The van der Waals surface area contributed by atoms with Crippen LogP contribution >= 0.6 is 21.6 Å². The van der Waals surface area contributed by atoms with E-state index in [4.69, 9.17) is 14.2 Å². The Hall–Kier alpha value is -1.86. The molecule has 196 valence electrons. The van der Waals surface area contributed by atoms with E-state index in [2.05, 4.69) is 36.3 Å². The number of carbonyl (C=O) groups is 2. The van der Waals surface area contributed by atoms with Crippen molar-refractivity contribution in [3.8, 4) is 17.6 Å². The van der Waals surface area contributed by atoms with Gasteiger partial charge in [-0.15, -0.1) is 0 Å². The van der Waals surface area contributed by atoms with Crippen LogP contribution in [0.4, 0.5) is 0 Å². The molecule has 7 nitrogen and oxygen atoms in total. The summed E-state index contributed by atoms with van der Waals surface area (Å²) in [6.07, 6.45) is 4.02. The maximum Gasteiger partial charge on any atom is 0.251 e. The van der Waals surface area contributed by atoms with Gasteiger partial charge < -0.3 is 24.8 Å². The molecular weight excluding hydrogens is 484 g/mol. The molecule has 9 heteroatoms. The fourth-order valence-electron chi connectivity index (χ4n) is 2.77. The monoisotopic (exact) mass is 524 g/mol. The van der Waals surface area contributed by atoms with E-state index < -0.39 is 0 Å². The molecule has 1 atom stereocenters. The van der Waals surface area contributed by atoms with Crippen molar-refractivity contribution in [2.45, 2.75) is 46.0 Å². The predicted octanol–water partition coefficient (Wildman–Crippen LogP) is 4.38. The van der Waals surface area contributed by atoms with Crippen LogP contribution in [-0.2, 0) is 14.3 Å². The summed E-state index contributed by atoms with van der Waals surface area (Å²) in [6, 6.07) is 7.15. The van der Waals surface area contributed by atoms with Crippen molar-refractivity contribution in [3.63, 3.8) is 0 Å². The van der Waals surface area contributed by atoms with E-state index in [-0.39, 0.29) is 29.8 Å². The lowest BCUT2D eigenvalue weighted by atomic mass is 10.1. The number of nitrogens with one attached hydrogen (secondary N) is 2. The van der Waals surface area contributed by atoms with E-state index in [1.165, 1.54) is 0 Å². The molecule has 0 aromatic heterocycles. The zero-order valence-corrected chi connectivity index (χ0v) is 23.2. The smallest absolute Gasteiger partial charge is 0.251 e. The fourth-order valence-corrected chi connectivity index (χ4v) is 4.24. The topological polar surface area (TPSA) is 85.9 Å². The minimum absolute atomic E-state index is 0.0319. The fraction of sp³-hybridized carbons (Fsp3) is 0.615. The van der Waals surface area contributed by atoms with Crippen LogP contribution in [0.3, 0.4) is 0 Å². The Kier molecular flexibility index (Phi) is 17.2. The molecule has 0 fully saturated rings. The number of rotatable bonds is 17. The molecule has 0 saturated carbocycles. The molecule has 0 spiro atoms. The highest BCUT2D eigenvalue weighted by molar-refractivity contribution is 8.76. The maximum atomic E-state index is 12.4. The molecule has 0 aliphatic rings. The Balaban J connectivity index is 2.34. The van der Waals surface area contributed by atoms with Crippen LogP contribution in [0.5, 0.6) is 5.75 Å². The third-order valence-corrected chi connectivity index (χ3v) is 6.36. The highest BCUT2D eigenvalue weighted by Gasteiger charge is 2.12. The first kappa shape index (κ1) is 31.2. The summed E-state index contributed by atoms with van der Waals surface area (Å²) in [5, 5.41) is 5.65. The van der Waals surface area contributed by atoms with Crippen molar-refractivity contribution in [3.05, 3.63) is 29.8 Å². The summed E-state index contributed by atoms with van der Waals surface area (Å²) in [5.41, 5.74) is 0.353. The van der Waals surface area contributed by atoms with Crippen LogP contribution in [0, 0.1) is 23.7 Å². The third-order valence-electron chi connectivity index (χ3n) is 4.46. The van der Waals surface area contributed by atoms with Gasteiger partial charge in [-0.3, -0.25) is 9.59 Å². The van der Waals surface area contributed by atoms with Gasteiger partial charge >= 0.3 is 0 Å². The Morgan fingerprint density at radius 2 is 1.91 bits per heavy atom. The first-order valence-corrected chi connectivity index (χ1v) is 14.6. The first-order chi connectivity index (χ1) is 16.8. The van der Waals surface area contributed by atoms with E-state index in [0.717, 1.165) is 12.8 Å². The SMILES string of the molecule is CSS[C@@H](COc1cccc(C(=O)NCCCC(C)C)c1)OCCOCC(=O)NCC#CC(C)C. The lowest BCUT2D eigenvalue weighted by Crippen LogP contribution is -2.29. The molecular formula is C26H40N2O5S2. The predicted molar refractivity (Wildman–Crippen MR) is 146 cm³/mol. The van der Waals surface area contributed by atoms with Crippen LogP contribution in [-0.4, -0.2) is 63.0 Å². The number of carbonyl (C=O) groups excluding carboxylic acids is 2. The van der Waals surface area contributed by atoms with Crippen LogP contribution < -0.4 is 15.4 Å². The van der Waals surface area contributed by atoms with Crippen molar-refractivity contribution >= 4 is 33.4 Å². The highest BCUT2D eigenvalue weighted by Crippen LogP contribution is 2.25. The second-order valence-electron chi connectivity index (χ2n) is 8.50. The van der Waals surface area contributed by atoms with Gasteiger partial charge in [-0.2, -0.15) is 0 Å². The van der Waals surface area contributed by atoms with Gasteiger partial charge in [0.1, 0.15) is 24.4 Å². The molecule has 0 heterocycles. The van der Waals surface area contributed by atoms with E-state index in [0.29, 0.717) is 50.1 Å². The molecule has 0 aliphatic heterocycles. The lowest BCUT2D eigenvalue weighted by molar-refractivity contribution is -0.126. The van der Waals surface area contributed by atoms with Crippen LogP contribution in [0.15, 0.2) is 24.3 Å². The maximum absolute atomic E-state index is 12.4. The van der Waals surface area contributed by atoms with Gasteiger partial charge in [-0.25, -0.2) is 0 Å². The summed E-state index contributed by atoms with van der Waals surface area (Å²) in [5.74, 6) is 7.10. The van der Waals surface area contributed by atoms with Crippen molar-refractivity contribution in [2.24, 2.45) is 11.8 Å². The number of ether oxygens (including phenoxy) is 3.